The van der Waals surface area contributed by atoms with Gasteiger partial charge in [-0.3, -0.25) is 4.90 Å². The van der Waals surface area contributed by atoms with Gasteiger partial charge in [-0.1, -0.05) is 70.8 Å². The van der Waals surface area contributed by atoms with E-state index in [1.165, 1.54) is 0 Å². The summed E-state index contributed by atoms with van der Waals surface area (Å²) in [5.74, 6) is 3.39. The number of nitrogens with zero attached hydrogens (tertiary/aromatic N) is 3. The second kappa shape index (κ2) is 13.5. The van der Waals surface area contributed by atoms with Crippen LogP contribution in [0.25, 0.3) is 21.5 Å². The Kier molecular flexibility index (Phi) is 9.35. The highest BCUT2D eigenvalue weighted by atomic mass is 35.5. The lowest BCUT2D eigenvalue weighted by Crippen LogP contribution is -2.45. The number of ether oxygens (including phenoxy) is 4. The molecule has 0 amide bonds. The number of thiophene rings is 1. The first kappa shape index (κ1) is 29.7. The number of hydrogen-bond donors (Lipinski definition) is 0. The van der Waals surface area contributed by atoms with Gasteiger partial charge in [0, 0.05) is 35.3 Å². The van der Waals surface area contributed by atoms with E-state index < -0.39 is 4.96 Å². The van der Waals surface area contributed by atoms with E-state index >= 15 is 0 Å². The summed E-state index contributed by atoms with van der Waals surface area (Å²) in [6.07, 6.45) is 0.684. The van der Waals surface area contributed by atoms with Gasteiger partial charge >= 0.3 is 0 Å². The largest absolute Gasteiger partial charge is 0.496 e. The van der Waals surface area contributed by atoms with Crippen molar-refractivity contribution in [2.24, 2.45) is 0 Å². The van der Waals surface area contributed by atoms with Gasteiger partial charge in [-0.05, 0) is 41.6 Å². The van der Waals surface area contributed by atoms with E-state index in [1.807, 2.05) is 64.9 Å². The van der Waals surface area contributed by atoms with Crippen LogP contribution in [0.4, 0.5) is 0 Å². The molecule has 2 atom stereocenters. The fraction of sp³-hybridized carbons (Fsp3) is 0.312. The molecule has 2 aromatic heterocycles. The van der Waals surface area contributed by atoms with Gasteiger partial charge in [0.1, 0.15) is 17.2 Å². The smallest absolute Gasteiger partial charge is 0.264 e. The Balaban J connectivity index is 1.16. The number of benzene rings is 3. The van der Waals surface area contributed by atoms with Crippen LogP contribution in [0.3, 0.4) is 0 Å². The van der Waals surface area contributed by atoms with Gasteiger partial charge in [-0.2, -0.15) is 4.98 Å². The lowest BCUT2D eigenvalue weighted by atomic mass is 9.87. The maximum Gasteiger partial charge on any atom is 0.264 e. The Bertz CT molecular complexity index is 1650. The first-order valence-electron chi connectivity index (χ1n) is 13.9. The van der Waals surface area contributed by atoms with Gasteiger partial charge in [0.15, 0.2) is 11.6 Å². The first-order chi connectivity index (χ1) is 21.0. The van der Waals surface area contributed by atoms with Crippen molar-refractivity contribution in [1.29, 1.82) is 0 Å². The molecule has 1 saturated heterocycles. The number of aromatic nitrogens is 2. The van der Waals surface area contributed by atoms with Crippen LogP contribution in [0.1, 0.15) is 29.4 Å². The van der Waals surface area contributed by atoms with E-state index in [2.05, 4.69) is 22.3 Å². The van der Waals surface area contributed by atoms with Gasteiger partial charge in [-0.25, -0.2) is 0 Å². The summed E-state index contributed by atoms with van der Waals surface area (Å²) in [7, 11) is 3.35. The summed E-state index contributed by atoms with van der Waals surface area (Å²) < 4.78 is 29.4. The third-order valence-electron chi connectivity index (χ3n) is 7.66. The average molecular weight is 641 g/mol. The third-order valence-corrected chi connectivity index (χ3v) is 9.08. The molecule has 1 fully saturated rings. The lowest BCUT2D eigenvalue weighted by molar-refractivity contribution is -0.0231. The van der Waals surface area contributed by atoms with Crippen molar-refractivity contribution >= 4 is 45.3 Å². The highest BCUT2D eigenvalue weighted by Gasteiger charge is 2.33. The molecule has 0 N–H and O–H groups in total. The van der Waals surface area contributed by atoms with Crippen molar-refractivity contribution in [2.75, 3.05) is 27.3 Å². The summed E-state index contributed by atoms with van der Waals surface area (Å²) in [4.78, 5) is 6.79. The second-order valence-corrected chi connectivity index (χ2v) is 12.2. The lowest BCUT2D eigenvalue weighted by Gasteiger charge is -2.39. The fourth-order valence-electron chi connectivity index (χ4n) is 5.53. The molecule has 8 nitrogen and oxygen atoms in total. The van der Waals surface area contributed by atoms with Crippen LogP contribution in [0.5, 0.6) is 17.2 Å². The van der Waals surface area contributed by atoms with Crippen molar-refractivity contribution in [1.82, 2.24) is 15.0 Å². The zero-order chi connectivity index (χ0) is 29.8. The number of likely N-dealkylation sites (tertiary alicyclic amines) is 1. The van der Waals surface area contributed by atoms with E-state index in [0.29, 0.717) is 30.6 Å². The quantitative estimate of drug-likeness (QED) is 0.108. The Hall–Kier alpha value is -3.34. The normalized spacial score (nSPS) is 17.4. The topological polar surface area (TPSA) is 79.1 Å². The highest BCUT2D eigenvalue weighted by Crippen LogP contribution is 2.39. The van der Waals surface area contributed by atoms with Crippen LogP contribution < -0.4 is 14.2 Å². The molecule has 1 aliphatic heterocycles. The molecule has 0 bridgehead atoms. The standard InChI is InChI=1S/C32H31Cl2N3O5S/c1-38-26-16-21(30(39-2)25-7-4-3-6-24(25)26)18-41-27-17-37(32(33)34)14-13-23(27)20-9-11-22(12-10-20)40-19-29-35-31(36-42-29)28-8-5-15-43-28/h3-12,15-16,23,27,32H,13-14,17-19H2,1-2H3. The Morgan fingerprint density at radius 2 is 1.81 bits per heavy atom. The Morgan fingerprint density at radius 1 is 1.00 bits per heavy atom. The van der Waals surface area contributed by atoms with Gasteiger partial charge in [0.05, 0.1) is 31.8 Å². The summed E-state index contributed by atoms with van der Waals surface area (Å²) in [6, 6.07) is 22.0. The minimum absolute atomic E-state index is 0.134. The van der Waals surface area contributed by atoms with Crippen molar-refractivity contribution < 1.29 is 23.5 Å². The van der Waals surface area contributed by atoms with E-state index in [1.54, 1.807) is 25.6 Å². The number of halogens is 2. The van der Waals surface area contributed by atoms with Crippen molar-refractivity contribution in [3.63, 3.8) is 0 Å². The zero-order valence-corrected chi connectivity index (χ0v) is 26.1. The average Bonchev–Trinajstić information content (AvgIpc) is 3.75. The molecule has 5 aromatic rings. The minimum Gasteiger partial charge on any atom is -0.496 e. The molecule has 0 saturated carbocycles. The van der Waals surface area contributed by atoms with Gasteiger partial charge in [0.2, 0.25) is 5.82 Å². The highest BCUT2D eigenvalue weighted by molar-refractivity contribution is 7.13. The summed E-state index contributed by atoms with van der Waals surface area (Å²) in [6.45, 7) is 1.88. The van der Waals surface area contributed by atoms with E-state index in [9.17, 15) is 0 Å². The van der Waals surface area contributed by atoms with Crippen LogP contribution in [-0.2, 0) is 18.0 Å². The van der Waals surface area contributed by atoms with Crippen LogP contribution in [0, 0.1) is 0 Å². The Morgan fingerprint density at radius 3 is 2.53 bits per heavy atom. The molecular formula is C32H31Cl2N3O5S. The maximum absolute atomic E-state index is 6.62. The van der Waals surface area contributed by atoms with Crippen LogP contribution in [0.15, 0.2) is 76.6 Å². The first-order valence-corrected chi connectivity index (χ1v) is 15.6. The molecule has 3 aromatic carbocycles. The molecule has 0 radical (unpaired) electrons. The molecule has 11 heteroatoms. The summed E-state index contributed by atoms with van der Waals surface area (Å²) in [5.41, 5.74) is 2.06. The van der Waals surface area contributed by atoms with Crippen molar-refractivity contribution in [3.8, 4) is 28.0 Å². The maximum atomic E-state index is 6.62. The van der Waals surface area contributed by atoms with Crippen molar-refractivity contribution in [2.45, 2.75) is 36.6 Å². The minimum atomic E-state index is -0.608. The number of hydrogen-bond acceptors (Lipinski definition) is 9. The Labute approximate surface area is 264 Å². The molecular weight excluding hydrogens is 609 g/mol. The van der Waals surface area contributed by atoms with E-state index in [-0.39, 0.29) is 18.6 Å². The van der Waals surface area contributed by atoms with Gasteiger partial charge in [0.25, 0.3) is 5.89 Å². The monoisotopic (exact) mass is 639 g/mol. The number of piperidine rings is 1. The zero-order valence-electron chi connectivity index (χ0n) is 23.7. The number of rotatable bonds is 11. The predicted molar refractivity (Wildman–Crippen MR) is 168 cm³/mol. The van der Waals surface area contributed by atoms with Crippen LogP contribution >= 0.6 is 34.5 Å². The third kappa shape index (κ3) is 6.61. The number of methoxy groups -OCH3 is 2. The molecule has 43 heavy (non-hydrogen) atoms. The SMILES string of the molecule is COc1cc(COC2CN(C(Cl)Cl)CCC2c2ccc(OCc3nc(-c4cccs4)no3)cc2)c(OC)c2ccccc12. The molecule has 2 unspecified atom stereocenters. The van der Waals surface area contributed by atoms with E-state index in [0.717, 1.165) is 51.2 Å². The van der Waals surface area contributed by atoms with E-state index in [4.69, 9.17) is 46.7 Å². The van der Waals surface area contributed by atoms with Gasteiger partial charge in [-0.15, -0.1) is 11.3 Å². The molecule has 0 spiro atoms. The molecule has 224 valence electrons. The van der Waals surface area contributed by atoms with Gasteiger partial charge < -0.3 is 23.5 Å². The number of alkyl halides is 2. The summed E-state index contributed by atoms with van der Waals surface area (Å²) >= 11 is 14.1. The predicted octanol–water partition coefficient (Wildman–Crippen LogP) is 7.68. The molecule has 0 aliphatic carbocycles. The van der Waals surface area contributed by atoms with Crippen molar-refractivity contribution in [3.05, 3.63) is 89.1 Å². The fourth-order valence-corrected chi connectivity index (χ4v) is 6.53. The summed E-state index contributed by atoms with van der Waals surface area (Å²) in [5, 5.41) is 7.98. The van der Waals surface area contributed by atoms with Crippen LogP contribution in [0.2, 0.25) is 0 Å². The molecule has 3 heterocycles. The second-order valence-electron chi connectivity index (χ2n) is 10.2. The number of fused-ring (bicyclic) bond motifs is 1. The molecule has 1 aliphatic rings. The molecule has 6 rings (SSSR count). The van der Waals surface area contributed by atoms with Crippen LogP contribution in [-0.4, -0.2) is 53.4 Å².